The highest BCUT2D eigenvalue weighted by Gasteiger charge is 2.10. The molecule has 0 bridgehead atoms. The number of carbonyl (C=O) groups excluding carboxylic acids is 1. The number of halogens is 2. The number of nitrogens with one attached hydrogen (secondary N) is 1. The molecule has 4 rings (SSSR count). The van der Waals surface area contributed by atoms with Gasteiger partial charge in [0.25, 0.3) is 11.5 Å². The number of aryl methyl sites for hydroxylation is 1. The molecular formula is C25H19F2N3O3. The van der Waals surface area contributed by atoms with Gasteiger partial charge in [-0.2, -0.15) is 4.68 Å². The Kier molecular flexibility index (Phi) is 6.26. The molecule has 0 aliphatic heterocycles. The lowest BCUT2D eigenvalue weighted by molar-refractivity contribution is 0.102. The van der Waals surface area contributed by atoms with Gasteiger partial charge in [0, 0.05) is 29.4 Å². The zero-order chi connectivity index (χ0) is 23.4. The first-order valence-corrected chi connectivity index (χ1v) is 10.0. The quantitative estimate of drug-likeness (QED) is 0.467. The number of nitrogens with zero attached hydrogens (tertiary/aromatic N) is 2. The number of hydrogen-bond donors (Lipinski definition) is 1. The fourth-order valence-electron chi connectivity index (χ4n) is 3.15. The summed E-state index contributed by atoms with van der Waals surface area (Å²) < 4.78 is 33.3. The van der Waals surface area contributed by atoms with E-state index in [1.54, 1.807) is 12.1 Å². The van der Waals surface area contributed by atoms with E-state index in [1.165, 1.54) is 35.0 Å². The van der Waals surface area contributed by atoms with Crippen molar-refractivity contribution in [2.45, 2.75) is 13.5 Å². The van der Waals surface area contributed by atoms with Crippen molar-refractivity contribution in [3.8, 4) is 11.6 Å². The molecule has 0 atom stereocenters. The zero-order valence-electron chi connectivity index (χ0n) is 17.6. The van der Waals surface area contributed by atoms with Crippen LogP contribution in [0.15, 0.2) is 83.7 Å². The van der Waals surface area contributed by atoms with Crippen molar-refractivity contribution in [2.75, 3.05) is 5.32 Å². The van der Waals surface area contributed by atoms with Crippen molar-refractivity contribution >= 4 is 11.6 Å². The van der Waals surface area contributed by atoms with Gasteiger partial charge in [-0.3, -0.25) is 9.59 Å². The van der Waals surface area contributed by atoms with E-state index in [0.717, 1.165) is 23.3 Å². The second kappa shape index (κ2) is 9.44. The number of aromatic nitrogens is 2. The minimum absolute atomic E-state index is 0.124. The lowest BCUT2D eigenvalue weighted by Crippen LogP contribution is -2.20. The molecule has 0 saturated heterocycles. The molecule has 1 amide bonds. The molecular weight excluding hydrogens is 428 g/mol. The first kappa shape index (κ1) is 21.9. The summed E-state index contributed by atoms with van der Waals surface area (Å²) in [5, 5.41) is 6.74. The summed E-state index contributed by atoms with van der Waals surface area (Å²) in [6.07, 6.45) is 0. The number of ether oxygens (including phenoxy) is 1. The van der Waals surface area contributed by atoms with Gasteiger partial charge in [0.2, 0.25) is 5.88 Å². The molecule has 0 unspecified atom stereocenters. The number of anilines is 1. The van der Waals surface area contributed by atoms with Crippen LogP contribution in [-0.4, -0.2) is 15.7 Å². The van der Waals surface area contributed by atoms with Gasteiger partial charge in [0.1, 0.15) is 6.61 Å². The predicted octanol–water partition coefficient (Wildman–Crippen LogP) is 4.65. The maximum atomic E-state index is 13.3. The van der Waals surface area contributed by atoms with E-state index in [9.17, 15) is 18.4 Å². The third-order valence-electron chi connectivity index (χ3n) is 4.80. The van der Waals surface area contributed by atoms with Crippen molar-refractivity contribution in [3.05, 3.63) is 118 Å². The summed E-state index contributed by atoms with van der Waals surface area (Å²) in [7, 11) is 0. The number of benzene rings is 3. The highest BCUT2D eigenvalue weighted by atomic mass is 19.2. The fraction of sp³-hybridized carbons (Fsp3) is 0.0800. The monoisotopic (exact) mass is 447 g/mol. The van der Waals surface area contributed by atoms with Crippen molar-refractivity contribution in [1.82, 2.24) is 9.78 Å². The van der Waals surface area contributed by atoms with Gasteiger partial charge < -0.3 is 10.1 Å². The maximum Gasteiger partial charge on any atom is 0.271 e. The van der Waals surface area contributed by atoms with Gasteiger partial charge in [-0.15, -0.1) is 5.10 Å². The van der Waals surface area contributed by atoms with Crippen LogP contribution < -0.4 is 15.6 Å². The van der Waals surface area contributed by atoms with Gasteiger partial charge in [-0.25, -0.2) is 8.78 Å². The van der Waals surface area contributed by atoms with Gasteiger partial charge in [0.15, 0.2) is 11.6 Å². The van der Waals surface area contributed by atoms with E-state index >= 15 is 0 Å². The standard InChI is InChI=1S/C25H19F2N3O3/c1-16-3-2-4-17(13-16)15-33-23-11-12-24(31)30(29-23)20-8-5-18(6-9-20)25(32)28-19-7-10-21(26)22(27)14-19/h2-14H,15H2,1H3,(H,28,32). The molecule has 4 aromatic rings. The smallest absolute Gasteiger partial charge is 0.271 e. The summed E-state index contributed by atoms with van der Waals surface area (Å²) in [4.78, 5) is 24.7. The lowest BCUT2D eigenvalue weighted by atomic mass is 10.1. The van der Waals surface area contributed by atoms with Crippen molar-refractivity contribution < 1.29 is 18.3 Å². The topological polar surface area (TPSA) is 73.2 Å². The molecule has 33 heavy (non-hydrogen) atoms. The Hall–Kier alpha value is -4.33. The minimum atomic E-state index is -1.06. The average molecular weight is 447 g/mol. The molecule has 6 nitrogen and oxygen atoms in total. The number of hydrogen-bond acceptors (Lipinski definition) is 4. The Morgan fingerprint density at radius 1 is 0.970 bits per heavy atom. The Bertz CT molecular complexity index is 1370. The molecule has 8 heteroatoms. The van der Waals surface area contributed by atoms with Crippen LogP contribution in [0.3, 0.4) is 0 Å². The number of rotatable bonds is 6. The molecule has 1 heterocycles. The molecule has 166 valence electrons. The average Bonchev–Trinajstić information content (AvgIpc) is 2.81. The molecule has 0 aliphatic carbocycles. The fourth-order valence-corrected chi connectivity index (χ4v) is 3.15. The Balaban J connectivity index is 1.48. The first-order chi connectivity index (χ1) is 15.9. The highest BCUT2D eigenvalue weighted by Crippen LogP contribution is 2.16. The molecule has 0 fully saturated rings. The van der Waals surface area contributed by atoms with E-state index in [1.807, 2.05) is 31.2 Å². The maximum absolute atomic E-state index is 13.3. The first-order valence-electron chi connectivity index (χ1n) is 10.0. The van der Waals surface area contributed by atoms with Crippen LogP contribution in [0.5, 0.6) is 5.88 Å². The van der Waals surface area contributed by atoms with E-state index in [0.29, 0.717) is 12.3 Å². The Labute approximate surface area is 188 Å². The summed E-state index contributed by atoms with van der Waals surface area (Å²) in [5.41, 5.74) is 2.55. The molecule has 0 aliphatic rings. The van der Waals surface area contributed by atoms with Crippen LogP contribution in [0, 0.1) is 18.6 Å². The minimum Gasteiger partial charge on any atom is -0.472 e. The van der Waals surface area contributed by atoms with Gasteiger partial charge in [0.05, 0.1) is 5.69 Å². The van der Waals surface area contributed by atoms with E-state index in [-0.39, 0.29) is 22.7 Å². The van der Waals surface area contributed by atoms with Crippen LogP contribution in [-0.2, 0) is 6.61 Å². The zero-order valence-corrected chi connectivity index (χ0v) is 17.6. The van der Waals surface area contributed by atoms with E-state index in [4.69, 9.17) is 4.74 Å². The number of amides is 1. The molecule has 0 radical (unpaired) electrons. The molecule has 0 saturated carbocycles. The van der Waals surface area contributed by atoms with Crippen LogP contribution in [0.4, 0.5) is 14.5 Å². The van der Waals surface area contributed by atoms with Crippen LogP contribution in [0.1, 0.15) is 21.5 Å². The number of carbonyl (C=O) groups is 1. The molecule has 1 N–H and O–H groups in total. The normalized spacial score (nSPS) is 10.6. The van der Waals surface area contributed by atoms with Gasteiger partial charge in [-0.1, -0.05) is 29.8 Å². The van der Waals surface area contributed by atoms with Crippen LogP contribution >= 0.6 is 0 Å². The SMILES string of the molecule is Cc1cccc(COc2ccc(=O)n(-c3ccc(C(=O)Nc4ccc(F)c(F)c4)cc3)n2)c1. The molecule has 1 aromatic heterocycles. The van der Waals surface area contributed by atoms with Crippen molar-refractivity contribution in [2.24, 2.45) is 0 Å². The lowest BCUT2D eigenvalue weighted by Gasteiger charge is -2.10. The largest absolute Gasteiger partial charge is 0.472 e. The van der Waals surface area contributed by atoms with Gasteiger partial charge in [-0.05, 0) is 48.9 Å². The Morgan fingerprint density at radius 3 is 2.48 bits per heavy atom. The van der Waals surface area contributed by atoms with Crippen molar-refractivity contribution in [3.63, 3.8) is 0 Å². The second-order valence-electron chi connectivity index (χ2n) is 7.33. The predicted molar refractivity (Wildman–Crippen MR) is 120 cm³/mol. The van der Waals surface area contributed by atoms with E-state index in [2.05, 4.69) is 10.4 Å². The summed E-state index contributed by atoms with van der Waals surface area (Å²) in [6.45, 7) is 2.29. The Morgan fingerprint density at radius 2 is 1.76 bits per heavy atom. The third kappa shape index (κ3) is 5.30. The summed E-state index contributed by atoms with van der Waals surface area (Å²) >= 11 is 0. The van der Waals surface area contributed by atoms with Crippen LogP contribution in [0.25, 0.3) is 5.69 Å². The molecule has 0 spiro atoms. The molecule has 3 aromatic carbocycles. The third-order valence-corrected chi connectivity index (χ3v) is 4.80. The van der Waals surface area contributed by atoms with Gasteiger partial charge >= 0.3 is 0 Å². The second-order valence-corrected chi connectivity index (χ2v) is 7.33. The summed E-state index contributed by atoms with van der Waals surface area (Å²) in [5.74, 6) is -2.29. The van der Waals surface area contributed by atoms with Crippen molar-refractivity contribution in [1.29, 1.82) is 0 Å². The van der Waals surface area contributed by atoms with Crippen LogP contribution in [0.2, 0.25) is 0 Å². The van der Waals surface area contributed by atoms with E-state index < -0.39 is 17.5 Å². The highest BCUT2D eigenvalue weighted by molar-refractivity contribution is 6.04. The summed E-state index contributed by atoms with van der Waals surface area (Å²) in [6, 6.07) is 19.9.